The van der Waals surface area contributed by atoms with Crippen LogP contribution in [0.2, 0.25) is 4.34 Å². The molecule has 0 N–H and O–H groups in total. The van der Waals surface area contributed by atoms with Crippen molar-refractivity contribution >= 4 is 33.0 Å². The number of ether oxygens (including phenoxy) is 3. The van der Waals surface area contributed by atoms with E-state index >= 15 is 0 Å². The Balaban J connectivity index is 1.99. The van der Waals surface area contributed by atoms with Crippen molar-refractivity contribution in [2.45, 2.75) is 16.4 Å². The first kappa shape index (κ1) is 15.7. The first-order chi connectivity index (χ1) is 9.99. The molecular weight excluding hydrogens is 338 g/mol. The zero-order valence-electron chi connectivity index (χ0n) is 11.5. The normalized spacial score (nSPS) is 23.5. The van der Waals surface area contributed by atoms with Crippen LogP contribution in [-0.2, 0) is 30.0 Å². The topological polar surface area (TPSA) is 65.1 Å². The molecule has 9 heteroatoms. The molecule has 0 saturated carbocycles. The van der Waals surface area contributed by atoms with Gasteiger partial charge in [-0.2, -0.15) is 4.31 Å². The summed E-state index contributed by atoms with van der Waals surface area (Å²) in [5.41, 5.74) is 0.526. The second-order valence-electron chi connectivity index (χ2n) is 4.89. The van der Waals surface area contributed by atoms with Gasteiger partial charge in [0.1, 0.15) is 4.21 Å². The van der Waals surface area contributed by atoms with Gasteiger partial charge in [0.15, 0.2) is 0 Å². The third-order valence-electron chi connectivity index (χ3n) is 3.55. The second kappa shape index (κ2) is 5.77. The van der Waals surface area contributed by atoms with Crippen LogP contribution >= 0.6 is 22.9 Å². The van der Waals surface area contributed by atoms with Crippen LogP contribution in [0, 0.1) is 0 Å². The summed E-state index contributed by atoms with van der Waals surface area (Å²) in [5.74, 6) is -1.02. The molecular formula is C12H16ClNO5S2. The van der Waals surface area contributed by atoms with Crippen molar-refractivity contribution in [1.29, 1.82) is 0 Å². The van der Waals surface area contributed by atoms with E-state index in [0.29, 0.717) is 42.7 Å². The number of rotatable bonds is 4. The van der Waals surface area contributed by atoms with Gasteiger partial charge in [0, 0.05) is 25.8 Å². The molecule has 3 heterocycles. The number of hydrogen-bond donors (Lipinski definition) is 0. The predicted octanol–water partition coefficient (Wildman–Crippen LogP) is 1.64. The zero-order chi connectivity index (χ0) is 15.1. The number of fused-ring (bicyclic) bond motifs is 2. The molecule has 2 aliphatic heterocycles. The molecule has 0 aromatic carbocycles. The maximum atomic E-state index is 12.7. The first-order valence-corrected chi connectivity index (χ1v) is 9.20. The van der Waals surface area contributed by atoms with Gasteiger partial charge in [-0.05, 0) is 12.5 Å². The summed E-state index contributed by atoms with van der Waals surface area (Å²) in [7, 11) is -1.96. The molecule has 0 radical (unpaired) electrons. The number of nitrogens with zero attached hydrogens (tertiary/aromatic N) is 1. The molecule has 2 aliphatic rings. The van der Waals surface area contributed by atoms with E-state index in [2.05, 4.69) is 0 Å². The molecule has 1 aromatic rings. The maximum Gasteiger partial charge on any atom is 0.253 e. The number of hydrogen-bond acceptors (Lipinski definition) is 6. The van der Waals surface area contributed by atoms with E-state index in [1.807, 2.05) is 0 Å². The molecule has 118 valence electrons. The highest BCUT2D eigenvalue weighted by Crippen LogP contribution is 2.47. The van der Waals surface area contributed by atoms with Crippen molar-refractivity contribution < 1.29 is 22.6 Å². The Morgan fingerprint density at radius 3 is 2.86 bits per heavy atom. The van der Waals surface area contributed by atoms with Gasteiger partial charge in [-0.25, -0.2) is 8.42 Å². The fraction of sp³-hybridized carbons (Fsp3) is 0.667. The largest absolute Gasteiger partial charge is 0.385 e. The molecule has 0 bridgehead atoms. The smallest absolute Gasteiger partial charge is 0.253 e. The van der Waals surface area contributed by atoms with E-state index in [9.17, 15) is 8.42 Å². The Hall–Kier alpha value is -0.220. The lowest BCUT2D eigenvalue weighted by Gasteiger charge is -2.37. The number of thiophene rings is 1. The highest BCUT2D eigenvalue weighted by molar-refractivity contribution is 7.91. The maximum absolute atomic E-state index is 12.7. The van der Waals surface area contributed by atoms with E-state index in [4.69, 9.17) is 25.8 Å². The highest BCUT2D eigenvalue weighted by atomic mass is 35.5. The van der Waals surface area contributed by atoms with Crippen LogP contribution in [0.1, 0.15) is 12.0 Å². The Bertz CT molecular complexity index is 624. The standard InChI is InChI=1S/C12H16ClNO5S2/c1-17-4-2-3-14-8-12(18-5-6-19-12)9-7-10(13)20-11(9)21(14,15)16/h7H,2-6,8H2,1H3. The molecule has 6 nitrogen and oxygen atoms in total. The van der Waals surface area contributed by atoms with E-state index in [-0.39, 0.29) is 10.8 Å². The molecule has 1 aromatic heterocycles. The van der Waals surface area contributed by atoms with Crippen LogP contribution in [-0.4, -0.2) is 52.7 Å². The van der Waals surface area contributed by atoms with Crippen LogP contribution in [0.3, 0.4) is 0 Å². The van der Waals surface area contributed by atoms with E-state index in [0.717, 1.165) is 11.3 Å². The van der Waals surface area contributed by atoms with Gasteiger partial charge in [0.25, 0.3) is 10.0 Å². The Labute approximate surface area is 132 Å². The molecule has 0 unspecified atom stereocenters. The van der Waals surface area contributed by atoms with Gasteiger partial charge in [0.05, 0.1) is 24.1 Å². The third-order valence-corrected chi connectivity index (χ3v) is 7.17. The minimum atomic E-state index is -3.55. The van der Waals surface area contributed by atoms with Gasteiger partial charge in [0.2, 0.25) is 5.79 Å². The van der Waals surface area contributed by atoms with Crippen LogP contribution in [0.25, 0.3) is 0 Å². The third kappa shape index (κ3) is 2.63. The summed E-state index contributed by atoms with van der Waals surface area (Å²) in [5, 5.41) is 0. The van der Waals surface area contributed by atoms with Crippen LogP contribution in [0.5, 0.6) is 0 Å². The molecule has 21 heavy (non-hydrogen) atoms. The Morgan fingerprint density at radius 2 is 2.19 bits per heavy atom. The van der Waals surface area contributed by atoms with Crippen molar-refractivity contribution in [1.82, 2.24) is 4.31 Å². The molecule has 0 amide bonds. The van der Waals surface area contributed by atoms with Crippen LogP contribution in [0.4, 0.5) is 0 Å². The van der Waals surface area contributed by atoms with Crippen LogP contribution < -0.4 is 0 Å². The summed E-state index contributed by atoms with van der Waals surface area (Å²) in [6.07, 6.45) is 0.611. The molecule has 1 saturated heterocycles. The summed E-state index contributed by atoms with van der Waals surface area (Å²) >= 11 is 7.06. The Morgan fingerprint density at radius 1 is 1.48 bits per heavy atom. The van der Waals surface area contributed by atoms with Crippen molar-refractivity contribution in [2.75, 3.05) is 40.0 Å². The van der Waals surface area contributed by atoms with Crippen molar-refractivity contribution in [2.24, 2.45) is 0 Å². The summed E-state index contributed by atoms with van der Waals surface area (Å²) in [6.45, 7) is 1.90. The average molecular weight is 354 g/mol. The molecule has 1 fully saturated rings. The van der Waals surface area contributed by atoms with Crippen LogP contribution in [0.15, 0.2) is 10.3 Å². The lowest BCUT2D eigenvalue weighted by atomic mass is 10.1. The average Bonchev–Trinajstić information content (AvgIpc) is 3.04. The summed E-state index contributed by atoms with van der Waals surface area (Å²) < 4.78 is 43.9. The van der Waals surface area contributed by atoms with Gasteiger partial charge in [-0.1, -0.05) is 11.6 Å². The number of halogens is 1. The van der Waals surface area contributed by atoms with E-state index in [1.54, 1.807) is 13.2 Å². The first-order valence-electron chi connectivity index (χ1n) is 6.56. The lowest BCUT2D eigenvalue weighted by Crippen LogP contribution is -2.49. The van der Waals surface area contributed by atoms with Crippen molar-refractivity contribution in [3.05, 3.63) is 16.0 Å². The minimum absolute atomic E-state index is 0.152. The van der Waals surface area contributed by atoms with Crippen molar-refractivity contribution in [3.63, 3.8) is 0 Å². The highest BCUT2D eigenvalue weighted by Gasteiger charge is 2.51. The second-order valence-corrected chi connectivity index (χ2v) is 8.70. The Kier molecular flexibility index (Phi) is 4.30. The minimum Gasteiger partial charge on any atom is -0.385 e. The SMILES string of the molecule is COCCCN1CC2(OCCO2)c2cc(Cl)sc2S1(=O)=O. The predicted molar refractivity (Wildman–Crippen MR) is 78.2 cm³/mol. The summed E-state index contributed by atoms with van der Waals surface area (Å²) in [4.78, 5) is 0. The molecule has 0 aliphatic carbocycles. The van der Waals surface area contributed by atoms with E-state index in [1.165, 1.54) is 4.31 Å². The quantitative estimate of drug-likeness (QED) is 0.770. The monoisotopic (exact) mass is 353 g/mol. The zero-order valence-corrected chi connectivity index (χ0v) is 13.9. The molecule has 0 atom stereocenters. The van der Waals surface area contributed by atoms with Gasteiger partial charge >= 0.3 is 0 Å². The van der Waals surface area contributed by atoms with Gasteiger partial charge in [-0.15, -0.1) is 11.3 Å². The summed E-state index contributed by atoms with van der Waals surface area (Å²) in [6, 6.07) is 1.64. The molecule has 3 rings (SSSR count). The molecule has 1 spiro atoms. The lowest BCUT2D eigenvalue weighted by molar-refractivity contribution is -0.175. The van der Waals surface area contributed by atoms with Gasteiger partial charge < -0.3 is 14.2 Å². The van der Waals surface area contributed by atoms with E-state index < -0.39 is 15.8 Å². The fourth-order valence-corrected chi connectivity index (χ4v) is 6.21. The number of sulfonamides is 1. The van der Waals surface area contributed by atoms with Crippen molar-refractivity contribution in [3.8, 4) is 0 Å². The number of methoxy groups -OCH3 is 1. The fourth-order valence-electron chi connectivity index (χ4n) is 2.61. The van der Waals surface area contributed by atoms with Gasteiger partial charge in [-0.3, -0.25) is 0 Å².